The number of carbonyl (C=O) groups is 1. The Hall–Kier alpha value is -3.29. The van der Waals surface area contributed by atoms with Crippen LogP contribution in [-0.4, -0.2) is 35.3 Å². The number of aliphatic hydroxyl groups is 1. The van der Waals surface area contributed by atoms with Crippen LogP contribution in [0.2, 0.25) is 0 Å². The van der Waals surface area contributed by atoms with Crippen LogP contribution in [0, 0.1) is 18.6 Å². The van der Waals surface area contributed by atoms with Gasteiger partial charge in [-0.1, -0.05) is 31.2 Å². The zero-order valence-corrected chi connectivity index (χ0v) is 22.8. The highest BCUT2D eigenvalue weighted by molar-refractivity contribution is 5.95. The Morgan fingerprint density at radius 3 is 2.32 bits per heavy atom. The quantitative estimate of drug-likeness (QED) is 0.310. The van der Waals surface area contributed by atoms with Crippen molar-refractivity contribution in [2.45, 2.75) is 71.8 Å². The molecule has 0 heterocycles. The van der Waals surface area contributed by atoms with Gasteiger partial charge in [0.25, 0.3) is 5.91 Å². The summed E-state index contributed by atoms with van der Waals surface area (Å²) in [5, 5.41) is 17.2. The summed E-state index contributed by atoms with van der Waals surface area (Å²) in [7, 11) is 0. The van der Waals surface area contributed by atoms with Gasteiger partial charge in [0, 0.05) is 24.7 Å². The lowest BCUT2D eigenvalue weighted by Gasteiger charge is -2.26. The average molecular weight is 525 g/mol. The predicted molar refractivity (Wildman–Crippen MR) is 146 cm³/mol. The summed E-state index contributed by atoms with van der Waals surface area (Å²) >= 11 is 0. The summed E-state index contributed by atoms with van der Waals surface area (Å²) in [4.78, 5) is 13.3. The van der Waals surface area contributed by atoms with Gasteiger partial charge in [0.1, 0.15) is 23.0 Å². The maximum atomic E-state index is 13.9. The number of carbonyl (C=O) groups excluding carboxylic acids is 1. The SMILES string of the molecule is CCc1cccc(CNCC(O)C(Cc2cc(F)cc(F)c2)NC(=O)c2cc(C)cc(OC(C)(C)C)c2)c1. The van der Waals surface area contributed by atoms with Gasteiger partial charge in [-0.2, -0.15) is 0 Å². The van der Waals surface area contributed by atoms with Crippen molar-refractivity contribution in [2.24, 2.45) is 0 Å². The molecule has 0 fully saturated rings. The Morgan fingerprint density at radius 1 is 0.974 bits per heavy atom. The minimum absolute atomic E-state index is 0.0474. The Kier molecular flexibility index (Phi) is 10.00. The van der Waals surface area contributed by atoms with E-state index in [9.17, 15) is 18.7 Å². The van der Waals surface area contributed by atoms with Gasteiger partial charge in [0.15, 0.2) is 0 Å². The predicted octanol–water partition coefficient (Wildman–Crippen LogP) is 5.50. The molecule has 5 nitrogen and oxygen atoms in total. The van der Waals surface area contributed by atoms with E-state index in [1.807, 2.05) is 45.9 Å². The first-order chi connectivity index (χ1) is 17.9. The maximum Gasteiger partial charge on any atom is 0.251 e. The third-order valence-electron chi connectivity index (χ3n) is 5.98. The van der Waals surface area contributed by atoms with Crippen molar-refractivity contribution in [3.05, 3.63) is 100 Å². The smallest absolute Gasteiger partial charge is 0.251 e. The normalized spacial score (nSPS) is 13.2. The van der Waals surface area contributed by atoms with Gasteiger partial charge >= 0.3 is 0 Å². The van der Waals surface area contributed by atoms with Crippen molar-refractivity contribution in [2.75, 3.05) is 6.54 Å². The molecular weight excluding hydrogens is 486 g/mol. The van der Waals surface area contributed by atoms with Gasteiger partial charge in [-0.25, -0.2) is 8.78 Å². The van der Waals surface area contributed by atoms with Gasteiger partial charge in [-0.3, -0.25) is 4.79 Å². The molecule has 204 valence electrons. The molecule has 3 aromatic carbocycles. The highest BCUT2D eigenvalue weighted by Gasteiger charge is 2.24. The van der Waals surface area contributed by atoms with Crippen molar-refractivity contribution in [3.63, 3.8) is 0 Å². The third-order valence-corrected chi connectivity index (χ3v) is 5.98. The number of nitrogens with one attached hydrogen (secondary N) is 2. The molecule has 0 bridgehead atoms. The van der Waals surface area contributed by atoms with Crippen LogP contribution in [0.5, 0.6) is 5.75 Å². The first-order valence-electron chi connectivity index (χ1n) is 12.9. The Morgan fingerprint density at radius 2 is 1.66 bits per heavy atom. The van der Waals surface area contributed by atoms with Crippen LogP contribution in [0.1, 0.15) is 60.3 Å². The lowest BCUT2D eigenvalue weighted by molar-refractivity contribution is 0.0827. The van der Waals surface area contributed by atoms with Gasteiger partial charge < -0.3 is 20.5 Å². The van der Waals surface area contributed by atoms with Gasteiger partial charge in [0.2, 0.25) is 0 Å². The monoisotopic (exact) mass is 524 g/mol. The van der Waals surface area contributed by atoms with E-state index in [1.165, 1.54) is 17.7 Å². The second kappa shape index (κ2) is 13.0. The van der Waals surface area contributed by atoms with Crippen molar-refractivity contribution < 1.29 is 23.4 Å². The standard InChI is InChI=1S/C31H38F2N2O3/c1-6-21-8-7-9-22(12-21)18-34-19-29(36)28(15-23-13-25(32)17-26(33)14-23)35-30(37)24-10-20(2)11-27(16-24)38-31(3,4)5/h7-14,16-17,28-29,34,36H,6,15,18-19H2,1-5H3,(H,35,37). The van der Waals surface area contributed by atoms with Crippen molar-refractivity contribution in [1.82, 2.24) is 10.6 Å². The van der Waals surface area contributed by atoms with Gasteiger partial charge in [-0.15, -0.1) is 0 Å². The number of hydrogen-bond donors (Lipinski definition) is 3. The maximum absolute atomic E-state index is 13.9. The minimum Gasteiger partial charge on any atom is -0.488 e. The summed E-state index contributed by atoms with van der Waals surface area (Å²) in [6.45, 7) is 10.4. The van der Waals surface area contributed by atoms with Crippen LogP contribution < -0.4 is 15.4 Å². The number of halogens is 2. The molecule has 0 spiro atoms. The fraction of sp³-hybridized carbons (Fsp3) is 0.387. The molecule has 0 saturated carbocycles. The Bertz CT molecular complexity index is 1220. The van der Waals surface area contributed by atoms with Crippen LogP contribution in [0.15, 0.2) is 60.7 Å². The van der Waals surface area contributed by atoms with Crippen LogP contribution >= 0.6 is 0 Å². The lowest BCUT2D eigenvalue weighted by atomic mass is 9.99. The van der Waals surface area contributed by atoms with E-state index >= 15 is 0 Å². The topological polar surface area (TPSA) is 70.6 Å². The molecule has 0 aliphatic heterocycles. The number of amides is 1. The molecule has 2 atom stereocenters. The van der Waals surface area contributed by atoms with Crippen molar-refractivity contribution >= 4 is 5.91 Å². The van der Waals surface area contributed by atoms with Gasteiger partial charge in [-0.05, 0) is 93.1 Å². The molecule has 0 aliphatic carbocycles. The largest absolute Gasteiger partial charge is 0.488 e. The van der Waals surface area contributed by atoms with E-state index in [-0.39, 0.29) is 13.0 Å². The number of aliphatic hydroxyl groups excluding tert-OH is 1. The number of aryl methyl sites for hydroxylation is 2. The highest BCUT2D eigenvalue weighted by Crippen LogP contribution is 2.22. The van der Waals surface area contributed by atoms with Crippen molar-refractivity contribution in [3.8, 4) is 5.75 Å². The van der Waals surface area contributed by atoms with Crippen LogP contribution in [-0.2, 0) is 19.4 Å². The first-order valence-corrected chi connectivity index (χ1v) is 12.9. The second-order valence-corrected chi connectivity index (χ2v) is 10.7. The average Bonchev–Trinajstić information content (AvgIpc) is 2.81. The summed E-state index contributed by atoms with van der Waals surface area (Å²) in [6.07, 6.45) is -0.0446. The zero-order chi connectivity index (χ0) is 27.9. The molecule has 0 aliphatic rings. The molecule has 3 rings (SSSR count). The lowest BCUT2D eigenvalue weighted by Crippen LogP contribution is -2.48. The van der Waals surface area contributed by atoms with Crippen LogP contribution in [0.25, 0.3) is 0 Å². The Balaban J connectivity index is 1.77. The van der Waals surface area contributed by atoms with E-state index in [1.54, 1.807) is 12.1 Å². The molecule has 0 saturated heterocycles. The fourth-order valence-corrected chi connectivity index (χ4v) is 4.28. The molecule has 7 heteroatoms. The summed E-state index contributed by atoms with van der Waals surface area (Å²) in [5.74, 6) is -1.28. The van der Waals surface area contributed by atoms with Gasteiger partial charge in [0.05, 0.1) is 12.1 Å². The first kappa shape index (κ1) is 29.3. The molecule has 0 radical (unpaired) electrons. The molecule has 3 N–H and O–H groups in total. The summed E-state index contributed by atoms with van der Waals surface area (Å²) in [5.41, 5.74) is 3.41. The molecular formula is C31H38F2N2O3. The van der Waals surface area contributed by atoms with E-state index in [2.05, 4.69) is 29.7 Å². The Labute approximate surface area is 224 Å². The van der Waals surface area contributed by atoms with E-state index < -0.39 is 35.3 Å². The zero-order valence-electron chi connectivity index (χ0n) is 22.8. The van der Waals surface area contributed by atoms with Crippen molar-refractivity contribution in [1.29, 1.82) is 0 Å². The number of ether oxygens (including phenoxy) is 1. The van der Waals surface area contributed by atoms with E-state index in [4.69, 9.17) is 4.74 Å². The summed E-state index contributed by atoms with van der Waals surface area (Å²) < 4.78 is 33.7. The highest BCUT2D eigenvalue weighted by atomic mass is 19.1. The number of hydrogen-bond acceptors (Lipinski definition) is 4. The number of benzene rings is 3. The second-order valence-electron chi connectivity index (χ2n) is 10.7. The number of rotatable bonds is 11. The molecule has 1 amide bonds. The summed E-state index contributed by atoms with van der Waals surface area (Å²) in [6, 6.07) is 15.8. The van der Waals surface area contributed by atoms with E-state index in [0.29, 0.717) is 23.4 Å². The molecule has 38 heavy (non-hydrogen) atoms. The third kappa shape index (κ3) is 9.23. The minimum atomic E-state index is -1.02. The fourth-order valence-electron chi connectivity index (χ4n) is 4.28. The van der Waals surface area contributed by atoms with Crippen LogP contribution in [0.3, 0.4) is 0 Å². The van der Waals surface area contributed by atoms with E-state index in [0.717, 1.165) is 23.6 Å². The molecule has 3 aromatic rings. The molecule has 0 aromatic heterocycles. The molecule has 2 unspecified atom stereocenters. The van der Waals surface area contributed by atoms with Crippen LogP contribution in [0.4, 0.5) is 8.78 Å².